The summed E-state index contributed by atoms with van der Waals surface area (Å²) in [6.45, 7) is 4.59. The molecular weight excluding hydrogens is 785 g/mol. The molecule has 0 saturated heterocycles. The zero-order valence-electron chi connectivity index (χ0n) is 36.9. The van der Waals surface area contributed by atoms with Crippen LogP contribution in [0.5, 0.6) is 0 Å². The molecule has 0 heterocycles. The van der Waals surface area contributed by atoms with Gasteiger partial charge in [0, 0.05) is 42.7 Å². The van der Waals surface area contributed by atoms with Crippen LogP contribution >= 0.6 is 41.2 Å². The van der Waals surface area contributed by atoms with E-state index in [2.05, 4.69) is 13.8 Å². The van der Waals surface area contributed by atoms with E-state index in [1.54, 1.807) is 42.7 Å². The molecule has 0 fully saturated rings. The first kappa shape index (κ1) is 55.6. The van der Waals surface area contributed by atoms with E-state index in [0.29, 0.717) is 0 Å². The van der Waals surface area contributed by atoms with Gasteiger partial charge in [0.15, 0.2) is 0 Å². The summed E-state index contributed by atoms with van der Waals surface area (Å²) in [5.41, 5.74) is 0. The van der Waals surface area contributed by atoms with Crippen LogP contribution in [0.3, 0.4) is 0 Å². The molecule has 0 aromatic carbocycles. The molecule has 12 heteroatoms. The Labute approximate surface area is 355 Å². The highest BCUT2D eigenvalue weighted by Gasteiger charge is 2.49. The van der Waals surface area contributed by atoms with Crippen LogP contribution in [-0.4, -0.2) is 70.0 Å². The van der Waals surface area contributed by atoms with E-state index < -0.39 is 17.6 Å². The van der Waals surface area contributed by atoms with Crippen LogP contribution in [0.2, 0.25) is 0 Å². The lowest BCUT2D eigenvalue weighted by atomic mass is 10.0. The lowest BCUT2D eigenvalue weighted by molar-refractivity contribution is 0.120. The van der Waals surface area contributed by atoms with Crippen molar-refractivity contribution >= 4 is 58.8 Å². The number of hydrogen-bond acceptors (Lipinski definition) is 10. The standard InChI is InChI=1S/C42H90O6S4Si2/c1-9-11-13-15-17-19-21-23-25-27-29-31-33-35-37-39-41(53(43-3,44-4)45-5)49-51-52-50-42(54(46-6,47-7)48-8)40-38-36-34-32-30-28-26-24-22-20-18-16-14-12-10-2/h41-42H,9-40H2,1-8H3. The smallest absolute Gasteiger partial charge is 0.376 e. The molecule has 0 spiro atoms. The molecular formula is C42H90O6S4Si2. The van der Waals surface area contributed by atoms with Crippen molar-refractivity contribution in [2.24, 2.45) is 0 Å². The number of hydrogen-bond donors (Lipinski definition) is 0. The second-order valence-corrected chi connectivity index (χ2v) is 28.5. The predicted molar refractivity (Wildman–Crippen MR) is 251 cm³/mol. The second-order valence-electron chi connectivity index (χ2n) is 15.2. The maximum atomic E-state index is 5.99. The fraction of sp³-hybridized carbons (Fsp3) is 1.00. The van der Waals surface area contributed by atoms with E-state index >= 15 is 0 Å². The first-order valence-corrected chi connectivity index (χ1v) is 31.0. The maximum absolute atomic E-state index is 5.99. The quantitative estimate of drug-likeness (QED) is 0.0336. The third kappa shape index (κ3) is 28.1. The molecule has 0 aromatic heterocycles. The molecule has 0 radical (unpaired) electrons. The molecule has 0 amide bonds. The van der Waals surface area contributed by atoms with Crippen LogP contribution in [0.4, 0.5) is 0 Å². The summed E-state index contributed by atoms with van der Waals surface area (Å²) in [5, 5.41) is 0. The van der Waals surface area contributed by atoms with Gasteiger partial charge < -0.3 is 26.6 Å². The Hall–Kier alpha value is 1.59. The summed E-state index contributed by atoms with van der Waals surface area (Å²) in [6.07, 6.45) is 43.3. The molecule has 0 aromatic rings. The minimum atomic E-state index is -2.79. The lowest BCUT2D eigenvalue weighted by Crippen LogP contribution is -2.52. The van der Waals surface area contributed by atoms with Gasteiger partial charge >= 0.3 is 17.6 Å². The Kier molecular flexibility index (Phi) is 42.6. The maximum Gasteiger partial charge on any atom is 0.514 e. The van der Waals surface area contributed by atoms with Gasteiger partial charge in [-0.2, -0.15) is 0 Å². The SMILES string of the molecule is CCCCCCCCCCCCCCCCCC(SSSSC(CCCCCCCCCCCCCCCCC)[Si](OC)(OC)OC)[Si](OC)(OC)OC. The molecule has 0 aliphatic rings. The molecule has 326 valence electrons. The van der Waals surface area contributed by atoms with Gasteiger partial charge in [-0.1, -0.05) is 228 Å². The van der Waals surface area contributed by atoms with Crippen molar-refractivity contribution in [3.63, 3.8) is 0 Å². The molecule has 0 aliphatic carbocycles. The Morgan fingerprint density at radius 2 is 0.481 bits per heavy atom. The summed E-state index contributed by atoms with van der Waals surface area (Å²) in [6, 6.07) is 0. The molecule has 0 saturated carbocycles. The summed E-state index contributed by atoms with van der Waals surface area (Å²) in [5.74, 6) is 0. The Balaban J connectivity index is 4.53. The zero-order chi connectivity index (χ0) is 39.9. The van der Waals surface area contributed by atoms with Crippen molar-refractivity contribution in [2.75, 3.05) is 42.7 Å². The topological polar surface area (TPSA) is 55.4 Å². The molecule has 2 atom stereocenters. The van der Waals surface area contributed by atoms with Crippen molar-refractivity contribution < 1.29 is 26.6 Å². The highest BCUT2D eigenvalue weighted by molar-refractivity contribution is 9.26. The van der Waals surface area contributed by atoms with Crippen molar-refractivity contribution in [3.8, 4) is 0 Å². The van der Waals surface area contributed by atoms with E-state index in [1.165, 1.54) is 193 Å². The Morgan fingerprint density at radius 1 is 0.296 bits per heavy atom. The van der Waals surface area contributed by atoms with Crippen molar-refractivity contribution in [2.45, 2.75) is 229 Å². The molecule has 6 nitrogen and oxygen atoms in total. The van der Waals surface area contributed by atoms with Gasteiger partial charge in [-0.3, -0.25) is 0 Å². The fourth-order valence-corrected chi connectivity index (χ4v) is 24.1. The predicted octanol–water partition coefficient (Wildman–Crippen LogP) is 15.8. The monoisotopic (exact) mass is 875 g/mol. The van der Waals surface area contributed by atoms with Crippen LogP contribution in [0.25, 0.3) is 0 Å². The highest BCUT2D eigenvalue weighted by Crippen LogP contribution is 2.51. The summed E-state index contributed by atoms with van der Waals surface area (Å²) < 4.78 is 35.9. The first-order chi connectivity index (χ1) is 26.5. The average molecular weight is 876 g/mol. The molecule has 0 aliphatic heterocycles. The van der Waals surface area contributed by atoms with Crippen LogP contribution in [0, 0.1) is 0 Å². The number of rotatable bonds is 45. The molecule has 0 N–H and O–H groups in total. The van der Waals surface area contributed by atoms with Gasteiger partial charge in [-0.15, -0.1) is 0 Å². The largest absolute Gasteiger partial charge is 0.514 e. The van der Waals surface area contributed by atoms with Crippen LogP contribution in [0.15, 0.2) is 0 Å². The summed E-state index contributed by atoms with van der Waals surface area (Å²) in [4.78, 5) is 0.363. The van der Waals surface area contributed by atoms with Gasteiger partial charge in [0.1, 0.15) is 0 Å². The third-order valence-electron chi connectivity index (χ3n) is 11.0. The molecule has 2 unspecified atom stereocenters. The van der Waals surface area contributed by atoms with Crippen LogP contribution < -0.4 is 0 Å². The van der Waals surface area contributed by atoms with E-state index in [4.69, 9.17) is 26.6 Å². The normalized spacial score (nSPS) is 13.6. The van der Waals surface area contributed by atoms with Gasteiger partial charge in [0.25, 0.3) is 0 Å². The minimum absolute atomic E-state index is 0.181. The van der Waals surface area contributed by atoms with E-state index in [9.17, 15) is 0 Å². The van der Waals surface area contributed by atoms with Crippen molar-refractivity contribution in [1.29, 1.82) is 0 Å². The van der Waals surface area contributed by atoms with Gasteiger partial charge in [-0.25, -0.2) is 0 Å². The summed E-state index contributed by atoms with van der Waals surface area (Å²) in [7, 11) is 12.2. The summed E-state index contributed by atoms with van der Waals surface area (Å²) >= 11 is 0. The Bertz CT molecular complexity index is 679. The molecule has 0 rings (SSSR count). The Morgan fingerprint density at radius 3 is 0.667 bits per heavy atom. The van der Waals surface area contributed by atoms with Gasteiger partial charge in [0.2, 0.25) is 0 Å². The average Bonchev–Trinajstić information content (AvgIpc) is 3.20. The van der Waals surface area contributed by atoms with Gasteiger partial charge in [0.05, 0.1) is 9.75 Å². The van der Waals surface area contributed by atoms with Gasteiger partial charge in [-0.05, 0) is 32.5 Å². The van der Waals surface area contributed by atoms with Crippen molar-refractivity contribution in [3.05, 3.63) is 0 Å². The van der Waals surface area contributed by atoms with Crippen LogP contribution in [-0.2, 0) is 26.6 Å². The third-order valence-corrected chi connectivity index (χ3v) is 26.6. The minimum Gasteiger partial charge on any atom is -0.376 e. The fourth-order valence-electron chi connectivity index (χ4n) is 7.39. The van der Waals surface area contributed by atoms with Crippen LogP contribution in [0.1, 0.15) is 219 Å². The zero-order valence-corrected chi connectivity index (χ0v) is 42.1. The first-order valence-electron chi connectivity index (χ1n) is 22.5. The second kappa shape index (κ2) is 41.3. The van der Waals surface area contributed by atoms with E-state index in [-0.39, 0.29) is 9.75 Å². The van der Waals surface area contributed by atoms with E-state index in [0.717, 1.165) is 12.8 Å². The number of unbranched alkanes of at least 4 members (excludes halogenated alkanes) is 28. The lowest BCUT2D eigenvalue weighted by Gasteiger charge is -2.32. The van der Waals surface area contributed by atoms with E-state index in [1.807, 2.05) is 41.2 Å². The highest BCUT2D eigenvalue weighted by atomic mass is 33.7. The molecule has 0 bridgehead atoms. The van der Waals surface area contributed by atoms with Crippen molar-refractivity contribution in [1.82, 2.24) is 0 Å². The molecule has 54 heavy (non-hydrogen) atoms.